The number of ether oxygens (including phenoxy) is 1. The van der Waals surface area contributed by atoms with Gasteiger partial charge in [-0.15, -0.1) is 0 Å². The number of benzene rings is 2. The molecule has 0 saturated carbocycles. The van der Waals surface area contributed by atoms with Crippen LogP contribution in [0.1, 0.15) is 29.1 Å². The molecule has 1 aromatic heterocycles. The van der Waals surface area contributed by atoms with Crippen LogP contribution >= 0.6 is 15.9 Å². The number of carbonyl (C=O) groups is 1. The Labute approximate surface area is 142 Å². The summed E-state index contributed by atoms with van der Waals surface area (Å²) in [5.74, 6) is 1.25. The molecule has 0 aliphatic heterocycles. The summed E-state index contributed by atoms with van der Waals surface area (Å²) in [4.78, 5) is 12.4. The summed E-state index contributed by atoms with van der Waals surface area (Å²) in [6.45, 7) is 1.90. The summed E-state index contributed by atoms with van der Waals surface area (Å²) >= 11 is 3.39. The molecule has 5 heteroatoms. The third kappa shape index (κ3) is 3.24. The van der Waals surface area contributed by atoms with Gasteiger partial charge in [-0.25, -0.2) is 0 Å². The maximum absolute atomic E-state index is 12.4. The summed E-state index contributed by atoms with van der Waals surface area (Å²) in [6, 6.07) is 14.7. The van der Waals surface area contributed by atoms with Gasteiger partial charge in [0, 0.05) is 10.9 Å². The molecular formula is C18H16BrNO3. The number of para-hydroxylation sites is 1. The molecule has 0 bridgehead atoms. The molecule has 0 unspecified atom stereocenters. The zero-order valence-electron chi connectivity index (χ0n) is 12.8. The number of hydrogen-bond acceptors (Lipinski definition) is 3. The van der Waals surface area contributed by atoms with E-state index >= 15 is 0 Å². The van der Waals surface area contributed by atoms with E-state index in [-0.39, 0.29) is 11.9 Å². The molecule has 0 saturated heterocycles. The Morgan fingerprint density at radius 1 is 1.22 bits per heavy atom. The molecule has 4 nitrogen and oxygen atoms in total. The molecule has 0 fully saturated rings. The maximum Gasteiger partial charge on any atom is 0.251 e. The van der Waals surface area contributed by atoms with Crippen LogP contribution < -0.4 is 10.1 Å². The van der Waals surface area contributed by atoms with Crippen LogP contribution in [0.15, 0.2) is 57.4 Å². The number of methoxy groups -OCH3 is 1. The van der Waals surface area contributed by atoms with E-state index in [1.54, 1.807) is 25.3 Å². The number of carbonyl (C=O) groups excluding carboxylic acids is 1. The average Bonchev–Trinajstić information content (AvgIpc) is 2.99. The van der Waals surface area contributed by atoms with Gasteiger partial charge in [-0.2, -0.15) is 0 Å². The zero-order chi connectivity index (χ0) is 16.4. The predicted octanol–water partition coefficient (Wildman–Crippen LogP) is 4.69. The molecule has 1 amide bonds. The van der Waals surface area contributed by atoms with Gasteiger partial charge in [0.05, 0.1) is 17.6 Å². The number of amides is 1. The fraction of sp³-hybridized carbons (Fsp3) is 0.167. The van der Waals surface area contributed by atoms with Crippen LogP contribution in [0.2, 0.25) is 0 Å². The third-order valence-corrected chi connectivity index (χ3v) is 4.25. The molecule has 0 radical (unpaired) electrons. The molecule has 0 aliphatic rings. The normalized spacial score (nSPS) is 12.1. The SMILES string of the molecule is COc1ccc(C(=O)N[C@H](C)c2cc3ccccc3o2)cc1Br. The summed E-state index contributed by atoms with van der Waals surface area (Å²) < 4.78 is 11.7. The van der Waals surface area contributed by atoms with Crippen molar-refractivity contribution in [2.45, 2.75) is 13.0 Å². The molecule has 2 aromatic carbocycles. The Kier molecular flexibility index (Phi) is 4.39. The predicted molar refractivity (Wildman–Crippen MR) is 92.8 cm³/mol. The molecule has 3 rings (SSSR count). The molecular weight excluding hydrogens is 358 g/mol. The Balaban J connectivity index is 1.77. The van der Waals surface area contributed by atoms with E-state index in [1.165, 1.54) is 0 Å². The van der Waals surface area contributed by atoms with E-state index in [1.807, 2.05) is 37.3 Å². The van der Waals surface area contributed by atoms with Gasteiger partial charge in [0.2, 0.25) is 0 Å². The van der Waals surface area contributed by atoms with Gasteiger partial charge in [-0.1, -0.05) is 18.2 Å². The number of rotatable bonds is 4. The number of hydrogen-bond donors (Lipinski definition) is 1. The summed E-state index contributed by atoms with van der Waals surface area (Å²) in [7, 11) is 1.59. The lowest BCUT2D eigenvalue weighted by molar-refractivity contribution is 0.0935. The highest BCUT2D eigenvalue weighted by atomic mass is 79.9. The topological polar surface area (TPSA) is 51.5 Å². The fourth-order valence-corrected chi connectivity index (χ4v) is 2.92. The van der Waals surface area contributed by atoms with Crippen LogP contribution in [0.3, 0.4) is 0 Å². The van der Waals surface area contributed by atoms with Crippen LogP contribution in [0, 0.1) is 0 Å². The van der Waals surface area contributed by atoms with Crippen LogP contribution in [0.25, 0.3) is 11.0 Å². The molecule has 0 aliphatic carbocycles. The van der Waals surface area contributed by atoms with Crippen molar-refractivity contribution in [2.75, 3.05) is 7.11 Å². The number of nitrogens with one attached hydrogen (secondary N) is 1. The van der Waals surface area contributed by atoms with Crippen molar-refractivity contribution in [3.63, 3.8) is 0 Å². The largest absolute Gasteiger partial charge is 0.496 e. The molecule has 23 heavy (non-hydrogen) atoms. The first-order chi connectivity index (χ1) is 11.1. The third-order valence-electron chi connectivity index (χ3n) is 3.63. The van der Waals surface area contributed by atoms with Crippen molar-refractivity contribution in [3.05, 3.63) is 64.3 Å². The van der Waals surface area contributed by atoms with E-state index in [0.717, 1.165) is 21.2 Å². The Morgan fingerprint density at radius 3 is 2.70 bits per heavy atom. The monoisotopic (exact) mass is 373 g/mol. The Morgan fingerprint density at radius 2 is 2.00 bits per heavy atom. The maximum atomic E-state index is 12.4. The van der Waals surface area contributed by atoms with E-state index in [4.69, 9.17) is 9.15 Å². The van der Waals surface area contributed by atoms with Crippen LogP contribution in [0.5, 0.6) is 5.75 Å². The number of fused-ring (bicyclic) bond motifs is 1. The fourth-order valence-electron chi connectivity index (χ4n) is 2.37. The number of halogens is 1. The highest BCUT2D eigenvalue weighted by Gasteiger charge is 2.16. The van der Waals surface area contributed by atoms with E-state index in [0.29, 0.717) is 11.3 Å². The minimum Gasteiger partial charge on any atom is -0.496 e. The Bertz CT molecular complexity index is 823. The lowest BCUT2D eigenvalue weighted by Gasteiger charge is -2.12. The lowest BCUT2D eigenvalue weighted by atomic mass is 10.1. The second-order valence-corrected chi connectivity index (χ2v) is 6.09. The number of furan rings is 1. The highest BCUT2D eigenvalue weighted by molar-refractivity contribution is 9.10. The van der Waals surface area contributed by atoms with E-state index in [9.17, 15) is 4.79 Å². The van der Waals surface area contributed by atoms with Crippen LogP contribution in [-0.4, -0.2) is 13.0 Å². The zero-order valence-corrected chi connectivity index (χ0v) is 14.4. The van der Waals surface area contributed by atoms with Gasteiger partial charge in [0.1, 0.15) is 17.1 Å². The first-order valence-corrected chi connectivity index (χ1v) is 8.00. The van der Waals surface area contributed by atoms with Gasteiger partial charge in [0.25, 0.3) is 5.91 Å². The highest BCUT2D eigenvalue weighted by Crippen LogP contribution is 2.27. The summed E-state index contributed by atoms with van der Waals surface area (Å²) in [5, 5.41) is 3.97. The molecule has 1 atom stereocenters. The molecule has 1 N–H and O–H groups in total. The van der Waals surface area contributed by atoms with Crippen molar-refractivity contribution < 1.29 is 13.9 Å². The van der Waals surface area contributed by atoms with E-state index < -0.39 is 0 Å². The van der Waals surface area contributed by atoms with Crippen molar-refractivity contribution in [1.29, 1.82) is 0 Å². The van der Waals surface area contributed by atoms with Crippen molar-refractivity contribution in [2.24, 2.45) is 0 Å². The van der Waals surface area contributed by atoms with Gasteiger partial charge in [-0.3, -0.25) is 4.79 Å². The quantitative estimate of drug-likeness (QED) is 0.721. The standard InChI is InChI=1S/C18H16BrNO3/c1-11(17-10-12-5-3-4-6-15(12)23-17)20-18(21)13-7-8-16(22-2)14(19)9-13/h3-11H,1-2H3,(H,20,21)/t11-/m1/s1. The van der Waals surface area contributed by atoms with Gasteiger partial charge in [0.15, 0.2) is 0 Å². The average molecular weight is 374 g/mol. The van der Waals surface area contributed by atoms with Crippen molar-refractivity contribution >= 4 is 32.8 Å². The second kappa shape index (κ2) is 6.46. The Hall–Kier alpha value is -2.27. The lowest BCUT2D eigenvalue weighted by Crippen LogP contribution is -2.26. The first kappa shape index (κ1) is 15.6. The van der Waals surface area contributed by atoms with Crippen LogP contribution in [0.4, 0.5) is 0 Å². The minimum atomic E-state index is -0.226. The van der Waals surface area contributed by atoms with Crippen molar-refractivity contribution in [3.8, 4) is 5.75 Å². The molecule has 0 spiro atoms. The van der Waals surface area contributed by atoms with Crippen LogP contribution in [-0.2, 0) is 0 Å². The van der Waals surface area contributed by atoms with E-state index in [2.05, 4.69) is 21.2 Å². The molecule has 3 aromatic rings. The summed E-state index contributed by atoms with van der Waals surface area (Å²) in [6.07, 6.45) is 0. The van der Waals surface area contributed by atoms with Crippen molar-refractivity contribution in [1.82, 2.24) is 5.32 Å². The van der Waals surface area contributed by atoms with Gasteiger partial charge in [-0.05, 0) is 53.2 Å². The van der Waals surface area contributed by atoms with Gasteiger partial charge < -0.3 is 14.5 Å². The minimum absolute atomic E-state index is 0.165. The molecule has 1 heterocycles. The first-order valence-electron chi connectivity index (χ1n) is 7.21. The smallest absolute Gasteiger partial charge is 0.251 e. The molecule has 118 valence electrons. The van der Waals surface area contributed by atoms with Gasteiger partial charge >= 0.3 is 0 Å². The summed E-state index contributed by atoms with van der Waals surface area (Å²) in [5.41, 5.74) is 1.37. The second-order valence-electron chi connectivity index (χ2n) is 5.23.